The average molecular weight is 560 g/mol. The minimum Gasteiger partial charge on any atom is -0.493 e. The fraction of sp³-hybridized carbons (Fsp3) is 0.233. The fourth-order valence-corrected chi connectivity index (χ4v) is 5.09. The number of ether oxygens (including phenoxy) is 3. The Morgan fingerprint density at radius 1 is 1.18 bits per heavy atom. The molecule has 0 saturated heterocycles. The number of halogens is 1. The molecule has 4 aromatic rings. The van der Waals surface area contributed by atoms with Crippen molar-refractivity contribution >= 4 is 41.0 Å². The Balaban J connectivity index is 1.45. The van der Waals surface area contributed by atoms with Crippen molar-refractivity contribution in [3.05, 3.63) is 88.6 Å². The van der Waals surface area contributed by atoms with E-state index in [2.05, 4.69) is 15.5 Å². The van der Waals surface area contributed by atoms with Crippen LogP contribution in [0.25, 0.3) is 10.9 Å². The van der Waals surface area contributed by atoms with Gasteiger partial charge in [0.25, 0.3) is 0 Å². The SMILES string of the molecule is COc1cc(C2c3[nH]c4ccc(Cl)cc4c3CCN2C(=O)Oc2ccccc2)ccc1OCCCN/N=C\C=N. The molecule has 0 radical (unpaired) electrons. The number of hydrazone groups is 1. The number of aromatic amines is 1. The van der Waals surface area contributed by atoms with E-state index >= 15 is 0 Å². The standard InChI is InChI=1S/C30H30ClN5O4/c1-38-27-18-20(8-11-26(27)39-17-5-14-33-34-15-13-32)29-28-23(24-19-21(31)9-10-25(24)35-28)12-16-36(29)30(37)40-22-6-3-2-4-7-22/h2-4,6-11,13,15,18-19,29,32-33,35H,5,12,14,16-17H2,1H3/b32-13?,34-15-. The van der Waals surface area contributed by atoms with Gasteiger partial charge in [-0.1, -0.05) is 35.9 Å². The summed E-state index contributed by atoms with van der Waals surface area (Å²) in [7, 11) is 1.60. The van der Waals surface area contributed by atoms with Gasteiger partial charge in [0, 0.05) is 47.3 Å². The van der Waals surface area contributed by atoms with Gasteiger partial charge >= 0.3 is 6.09 Å². The van der Waals surface area contributed by atoms with Crippen molar-refractivity contribution in [2.75, 3.05) is 26.8 Å². The molecule has 0 saturated carbocycles. The molecular weight excluding hydrogens is 530 g/mol. The van der Waals surface area contributed by atoms with Gasteiger partial charge in [0.1, 0.15) is 11.8 Å². The highest BCUT2D eigenvalue weighted by molar-refractivity contribution is 6.31. The number of para-hydroxylation sites is 1. The number of amides is 1. The maximum atomic E-state index is 13.5. The summed E-state index contributed by atoms with van der Waals surface area (Å²) in [4.78, 5) is 18.8. The first-order chi connectivity index (χ1) is 19.6. The summed E-state index contributed by atoms with van der Waals surface area (Å²) in [5, 5.41) is 12.5. The number of aromatic nitrogens is 1. The molecule has 0 spiro atoms. The smallest absolute Gasteiger partial charge is 0.416 e. The Hall–Kier alpha value is -4.50. The number of nitrogens with one attached hydrogen (secondary N) is 3. The van der Waals surface area contributed by atoms with Crippen LogP contribution in [0.3, 0.4) is 0 Å². The molecular formula is C30H30ClN5O4. The van der Waals surface area contributed by atoms with Crippen molar-refractivity contribution in [3.63, 3.8) is 0 Å². The molecule has 1 aliphatic rings. The molecule has 0 bridgehead atoms. The second-order valence-corrected chi connectivity index (χ2v) is 9.64. The number of hydrogen-bond donors (Lipinski definition) is 3. The van der Waals surface area contributed by atoms with Crippen molar-refractivity contribution in [1.29, 1.82) is 5.41 Å². The molecule has 3 N–H and O–H groups in total. The van der Waals surface area contributed by atoms with Crippen LogP contribution in [0, 0.1) is 5.41 Å². The first-order valence-electron chi connectivity index (χ1n) is 13.0. The summed E-state index contributed by atoms with van der Waals surface area (Å²) in [6.45, 7) is 1.53. The van der Waals surface area contributed by atoms with E-state index in [1.54, 1.807) is 24.1 Å². The summed E-state index contributed by atoms with van der Waals surface area (Å²) in [6, 6.07) is 20.1. The van der Waals surface area contributed by atoms with Gasteiger partial charge in [0.15, 0.2) is 11.5 Å². The maximum absolute atomic E-state index is 13.5. The number of nitrogens with zero attached hydrogens (tertiary/aromatic N) is 2. The third kappa shape index (κ3) is 5.89. The molecule has 1 amide bonds. The van der Waals surface area contributed by atoms with E-state index in [4.69, 9.17) is 31.2 Å². The molecule has 0 fully saturated rings. The van der Waals surface area contributed by atoms with Crippen LogP contribution in [-0.4, -0.2) is 55.2 Å². The number of methoxy groups -OCH3 is 1. The molecule has 2 heterocycles. The Morgan fingerprint density at radius 3 is 2.83 bits per heavy atom. The lowest BCUT2D eigenvalue weighted by atomic mass is 9.92. The molecule has 5 rings (SSSR count). The summed E-state index contributed by atoms with van der Waals surface area (Å²) in [5.74, 6) is 1.65. The van der Waals surface area contributed by atoms with E-state index in [0.29, 0.717) is 54.8 Å². The molecule has 1 unspecified atom stereocenters. The lowest BCUT2D eigenvalue weighted by Gasteiger charge is -2.35. The third-order valence-electron chi connectivity index (χ3n) is 6.71. The molecule has 9 nitrogen and oxygen atoms in total. The molecule has 1 atom stereocenters. The first kappa shape index (κ1) is 27.1. The Bertz CT molecular complexity index is 1520. The van der Waals surface area contributed by atoms with Gasteiger partial charge in [-0.15, -0.1) is 0 Å². The zero-order chi connectivity index (χ0) is 27.9. The molecule has 40 heavy (non-hydrogen) atoms. The second kappa shape index (κ2) is 12.6. The van der Waals surface area contributed by atoms with Crippen molar-refractivity contribution in [2.24, 2.45) is 5.10 Å². The molecule has 0 aliphatic carbocycles. The van der Waals surface area contributed by atoms with E-state index in [1.807, 2.05) is 54.6 Å². The van der Waals surface area contributed by atoms with Gasteiger partial charge in [-0.2, -0.15) is 5.10 Å². The van der Waals surface area contributed by atoms with Gasteiger partial charge in [-0.25, -0.2) is 4.79 Å². The Kier molecular flexibility index (Phi) is 8.51. The second-order valence-electron chi connectivity index (χ2n) is 9.20. The molecule has 10 heteroatoms. The lowest BCUT2D eigenvalue weighted by molar-refractivity contribution is 0.135. The van der Waals surface area contributed by atoms with Crippen molar-refractivity contribution in [3.8, 4) is 17.2 Å². The monoisotopic (exact) mass is 559 g/mol. The Morgan fingerprint density at radius 2 is 2.02 bits per heavy atom. The van der Waals surface area contributed by atoms with Gasteiger partial charge in [0.05, 0.1) is 19.9 Å². The minimum absolute atomic E-state index is 0.434. The lowest BCUT2D eigenvalue weighted by Crippen LogP contribution is -2.42. The van der Waals surface area contributed by atoms with Crippen molar-refractivity contribution in [2.45, 2.75) is 18.9 Å². The van der Waals surface area contributed by atoms with Crippen LogP contribution in [-0.2, 0) is 6.42 Å². The quantitative estimate of drug-likeness (QED) is 0.126. The zero-order valence-corrected chi connectivity index (χ0v) is 22.8. The van der Waals surface area contributed by atoms with E-state index in [9.17, 15) is 4.79 Å². The van der Waals surface area contributed by atoms with E-state index < -0.39 is 12.1 Å². The van der Waals surface area contributed by atoms with Crippen LogP contribution >= 0.6 is 11.6 Å². The van der Waals surface area contributed by atoms with Crippen LogP contribution in [0.5, 0.6) is 17.2 Å². The number of carbonyl (C=O) groups excluding carboxylic acids is 1. The summed E-state index contributed by atoms with van der Waals surface area (Å²) >= 11 is 6.33. The largest absolute Gasteiger partial charge is 0.493 e. The predicted octanol–water partition coefficient (Wildman–Crippen LogP) is 5.97. The van der Waals surface area contributed by atoms with E-state index in [1.165, 1.54) is 6.21 Å². The normalized spacial score (nSPS) is 14.7. The van der Waals surface area contributed by atoms with Gasteiger partial charge < -0.3 is 30.0 Å². The summed E-state index contributed by atoms with van der Waals surface area (Å²) in [5.41, 5.74) is 6.72. The molecule has 1 aromatic heterocycles. The van der Waals surface area contributed by atoms with E-state index in [0.717, 1.165) is 33.9 Å². The topological polar surface area (TPSA) is 112 Å². The summed E-state index contributed by atoms with van der Waals surface area (Å²) < 4.78 is 17.4. The van der Waals surface area contributed by atoms with Crippen LogP contribution in [0.1, 0.15) is 29.3 Å². The average Bonchev–Trinajstić information content (AvgIpc) is 3.34. The molecule has 1 aliphatic heterocycles. The van der Waals surface area contributed by atoms with Crippen LogP contribution < -0.4 is 19.6 Å². The zero-order valence-electron chi connectivity index (χ0n) is 22.0. The summed E-state index contributed by atoms with van der Waals surface area (Å²) in [6.07, 6.45) is 3.42. The van der Waals surface area contributed by atoms with Crippen LogP contribution in [0.2, 0.25) is 5.02 Å². The highest BCUT2D eigenvalue weighted by Gasteiger charge is 2.36. The highest BCUT2D eigenvalue weighted by Crippen LogP contribution is 2.41. The van der Waals surface area contributed by atoms with Gasteiger partial charge in [-0.05, 0) is 60.0 Å². The number of carbonyl (C=O) groups is 1. The Labute approximate surface area is 237 Å². The van der Waals surface area contributed by atoms with Crippen molar-refractivity contribution in [1.82, 2.24) is 15.3 Å². The van der Waals surface area contributed by atoms with Gasteiger partial charge in [0.2, 0.25) is 0 Å². The number of hydrogen-bond acceptors (Lipinski definition) is 7. The van der Waals surface area contributed by atoms with Crippen molar-refractivity contribution < 1.29 is 19.0 Å². The highest BCUT2D eigenvalue weighted by atomic mass is 35.5. The van der Waals surface area contributed by atoms with Gasteiger partial charge in [-0.3, -0.25) is 4.90 Å². The first-order valence-corrected chi connectivity index (χ1v) is 13.4. The molecule has 206 valence electrons. The minimum atomic E-state index is -0.440. The number of rotatable bonds is 10. The number of benzene rings is 3. The van der Waals surface area contributed by atoms with Crippen LogP contribution in [0.4, 0.5) is 4.79 Å². The number of H-pyrrole nitrogens is 1. The molecule has 3 aromatic carbocycles. The third-order valence-corrected chi connectivity index (χ3v) is 6.94. The predicted molar refractivity (Wildman–Crippen MR) is 156 cm³/mol. The van der Waals surface area contributed by atoms with E-state index in [-0.39, 0.29) is 0 Å². The fourth-order valence-electron chi connectivity index (χ4n) is 4.91. The van der Waals surface area contributed by atoms with Crippen LogP contribution in [0.15, 0.2) is 71.8 Å². The maximum Gasteiger partial charge on any atom is 0.416 e. The number of fused-ring (bicyclic) bond motifs is 3.